The second-order valence-corrected chi connectivity index (χ2v) is 5.02. The van der Waals surface area contributed by atoms with Crippen LogP contribution in [-0.4, -0.2) is 27.7 Å². The Hall–Kier alpha value is -1.76. The van der Waals surface area contributed by atoms with Crippen LogP contribution in [0.25, 0.3) is 0 Å². The quantitative estimate of drug-likeness (QED) is 0.865. The summed E-state index contributed by atoms with van der Waals surface area (Å²) in [6, 6.07) is 4.52. The Morgan fingerprint density at radius 3 is 2.89 bits per heavy atom. The molecule has 2 aromatic rings. The number of carbonyl (C=O) groups is 1. The van der Waals surface area contributed by atoms with Gasteiger partial charge in [-0.05, 0) is 23.8 Å². The summed E-state index contributed by atoms with van der Waals surface area (Å²) in [4.78, 5) is 13.4. The molecule has 7 heteroatoms. The number of hydrogen-bond acceptors (Lipinski definition) is 3. The number of carbonyl (C=O) groups excluding carboxylic acids is 1. The maximum atomic E-state index is 13.6. The lowest BCUT2D eigenvalue weighted by Gasteiger charge is -2.15. The average molecular weight is 327 g/mol. The lowest BCUT2D eigenvalue weighted by atomic mass is 10.1. The van der Waals surface area contributed by atoms with Crippen molar-refractivity contribution in [2.75, 3.05) is 11.9 Å². The van der Waals surface area contributed by atoms with Crippen molar-refractivity contribution in [3.8, 4) is 0 Å². The molecule has 0 aliphatic rings. The standard InChI is InChI=1S/C12H12BrFN4O/c1-17-7-15-16-12(17)18(2)11(19)6-8-5-9(13)3-4-10(8)14/h3-5,7H,6H2,1-2H3. The molecule has 1 amide bonds. The van der Waals surface area contributed by atoms with Gasteiger partial charge in [-0.3, -0.25) is 9.69 Å². The van der Waals surface area contributed by atoms with E-state index in [0.29, 0.717) is 11.5 Å². The van der Waals surface area contributed by atoms with E-state index in [1.807, 2.05) is 0 Å². The molecule has 0 fully saturated rings. The Kier molecular flexibility index (Phi) is 3.94. The summed E-state index contributed by atoms with van der Waals surface area (Å²) in [7, 11) is 3.32. The molecule has 0 aliphatic carbocycles. The molecule has 0 N–H and O–H groups in total. The maximum Gasteiger partial charge on any atom is 0.233 e. The van der Waals surface area contributed by atoms with Gasteiger partial charge in [0, 0.05) is 18.6 Å². The molecule has 100 valence electrons. The molecule has 5 nitrogen and oxygen atoms in total. The average Bonchev–Trinajstić information content (AvgIpc) is 2.79. The highest BCUT2D eigenvalue weighted by molar-refractivity contribution is 9.10. The number of aromatic nitrogens is 3. The molecule has 0 radical (unpaired) electrons. The molecular formula is C12H12BrFN4O. The summed E-state index contributed by atoms with van der Waals surface area (Å²) in [5.41, 5.74) is 0.341. The topological polar surface area (TPSA) is 51.0 Å². The number of amides is 1. The van der Waals surface area contributed by atoms with Gasteiger partial charge in [0.2, 0.25) is 11.9 Å². The van der Waals surface area contributed by atoms with E-state index in [1.54, 1.807) is 30.8 Å². The van der Waals surface area contributed by atoms with E-state index in [-0.39, 0.29) is 12.3 Å². The summed E-state index contributed by atoms with van der Waals surface area (Å²) in [5.74, 6) is -0.239. The number of halogens is 2. The molecule has 0 saturated heterocycles. The Labute approximate surface area is 118 Å². The van der Waals surface area contributed by atoms with E-state index in [1.165, 1.54) is 17.3 Å². The molecule has 0 spiro atoms. The monoisotopic (exact) mass is 326 g/mol. The maximum absolute atomic E-state index is 13.6. The van der Waals surface area contributed by atoms with Gasteiger partial charge in [0.1, 0.15) is 12.1 Å². The van der Waals surface area contributed by atoms with Crippen molar-refractivity contribution in [3.63, 3.8) is 0 Å². The summed E-state index contributed by atoms with van der Waals surface area (Å²) in [6.07, 6.45) is 1.47. The first kappa shape index (κ1) is 13.7. The normalized spacial score (nSPS) is 10.5. The van der Waals surface area contributed by atoms with Gasteiger partial charge in [0.05, 0.1) is 6.42 Å². The molecular weight excluding hydrogens is 315 g/mol. The van der Waals surface area contributed by atoms with Gasteiger partial charge in [-0.2, -0.15) is 0 Å². The molecule has 0 bridgehead atoms. The minimum Gasteiger partial charge on any atom is -0.303 e. The third-order valence-corrected chi connectivity index (χ3v) is 3.20. The number of hydrogen-bond donors (Lipinski definition) is 0. The van der Waals surface area contributed by atoms with Crippen LogP contribution in [0.4, 0.5) is 10.3 Å². The minimum atomic E-state index is -0.400. The van der Waals surface area contributed by atoms with Gasteiger partial charge in [0.15, 0.2) is 0 Å². The van der Waals surface area contributed by atoms with Crippen LogP contribution in [0.3, 0.4) is 0 Å². The molecule has 2 rings (SSSR count). The first-order chi connectivity index (χ1) is 8.99. The van der Waals surface area contributed by atoms with Crippen molar-refractivity contribution in [1.82, 2.24) is 14.8 Å². The summed E-state index contributed by atoms with van der Waals surface area (Å²) < 4.78 is 15.9. The minimum absolute atomic E-state index is 0.0331. The molecule has 0 saturated carbocycles. The molecule has 19 heavy (non-hydrogen) atoms. The second kappa shape index (κ2) is 5.48. The van der Waals surface area contributed by atoms with Crippen LogP contribution in [0.5, 0.6) is 0 Å². The third-order valence-electron chi connectivity index (χ3n) is 2.71. The molecule has 1 aromatic heterocycles. The van der Waals surface area contributed by atoms with Crippen LogP contribution < -0.4 is 4.90 Å². The van der Waals surface area contributed by atoms with Crippen molar-refractivity contribution in [3.05, 3.63) is 40.4 Å². The van der Waals surface area contributed by atoms with E-state index in [9.17, 15) is 9.18 Å². The largest absolute Gasteiger partial charge is 0.303 e. The van der Waals surface area contributed by atoms with Gasteiger partial charge in [-0.25, -0.2) is 4.39 Å². The van der Waals surface area contributed by atoms with Crippen LogP contribution in [0, 0.1) is 5.82 Å². The SMILES string of the molecule is CN(C(=O)Cc1cc(Br)ccc1F)c1nncn1C. The summed E-state index contributed by atoms with van der Waals surface area (Å²) in [6.45, 7) is 0. The first-order valence-corrected chi connectivity index (χ1v) is 6.33. The number of anilines is 1. The lowest BCUT2D eigenvalue weighted by Crippen LogP contribution is -2.30. The van der Waals surface area contributed by atoms with Gasteiger partial charge in [-0.15, -0.1) is 10.2 Å². The highest BCUT2D eigenvalue weighted by atomic mass is 79.9. The number of rotatable bonds is 3. The zero-order valence-electron chi connectivity index (χ0n) is 10.5. The number of likely N-dealkylation sites (N-methyl/N-ethyl adjacent to an activating group) is 1. The fourth-order valence-electron chi connectivity index (χ4n) is 1.65. The Morgan fingerprint density at radius 1 is 1.53 bits per heavy atom. The lowest BCUT2D eigenvalue weighted by molar-refractivity contribution is -0.117. The summed E-state index contributed by atoms with van der Waals surface area (Å²) >= 11 is 3.26. The van der Waals surface area contributed by atoms with Crippen LogP contribution in [0.1, 0.15) is 5.56 Å². The predicted octanol–water partition coefficient (Wildman–Crippen LogP) is 1.92. The van der Waals surface area contributed by atoms with Crippen molar-refractivity contribution in [1.29, 1.82) is 0 Å². The van der Waals surface area contributed by atoms with E-state index >= 15 is 0 Å². The van der Waals surface area contributed by atoms with Crippen LogP contribution in [0.2, 0.25) is 0 Å². The molecule has 1 aromatic carbocycles. The van der Waals surface area contributed by atoms with E-state index < -0.39 is 5.82 Å². The molecule has 0 atom stereocenters. The van der Waals surface area contributed by atoms with E-state index in [0.717, 1.165) is 4.47 Å². The third kappa shape index (κ3) is 2.98. The van der Waals surface area contributed by atoms with Gasteiger partial charge in [-0.1, -0.05) is 15.9 Å². The Balaban J connectivity index is 2.17. The van der Waals surface area contributed by atoms with Crippen molar-refractivity contribution in [2.24, 2.45) is 7.05 Å². The fraction of sp³-hybridized carbons (Fsp3) is 0.250. The summed E-state index contributed by atoms with van der Waals surface area (Å²) in [5, 5.41) is 7.53. The Morgan fingerprint density at radius 2 is 2.26 bits per heavy atom. The number of benzene rings is 1. The molecule has 1 heterocycles. The number of aryl methyl sites for hydroxylation is 1. The van der Waals surface area contributed by atoms with Crippen LogP contribution in [-0.2, 0) is 18.3 Å². The zero-order valence-corrected chi connectivity index (χ0v) is 12.1. The van der Waals surface area contributed by atoms with Crippen LogP contribution in [0.15, 0.2) is 29.0 Å². The Bertz CT molecular complexity index is 614. The molecule has 0 unspecified atom stereocenters. The van der Waals surface area contributed by atoms with Crippen molar-refractivity contribution >= 4 is 27.8 Å². The van der Waals surface area contributed by atoms with Crippen molar-refractivity contribution in [2.45, 2.75) is 6.42 Å². The second-order valence-electron chi connectivity index (χ2n) is 4.11. The van der Waals surface area contributed by atoms with Gasteiger partial charge < -0.3 is 4.57 Å². The smallest absolute Gasteiger partial charge is 0.233 e. The predicted molar refractivity (Wildman–Crippen MR) is 72.2 cm³/mol. The van der Waals surface area contributed by atoms with Crippen molar-refractivity contribution < 1.29 is 9.18 Å². The zero-order chi connectivity index (χ0) is 14.0. The number of nitrogens with zero attached hydrogens (tertiary/aromatic N) is 4. The van der Waals surface area contributed by atoms with Gasteiger partial charge in [0.25, 0.3) is 0 Å². The first-order valence-electron chi connectivity index (χ1n) is 5.53. The van der Waals surface area contributed by atoms with Gasteiger partial charge >= 0.3 is 0 Å². The fourth-order valence-corrected chi connectivity index (χ4v) is 2.06. The molecule has 0 aliphatic heterocycles. The van der Waals surface area contributed by atoms with Crippen LogP contribution >= 0.6 is 15.9 Å². The highest BCUT2D eigenvalue weighted by Gasteiger charge is 2.17. The van der Waals surface area contributed by atoms with E-state index in [4.69, 9.17) is 0 Å². The highest BCUT2D eigenvalue weighted by Crippen LogP contribution is 2.17. The van der Waals surface area contributed by atoms with E-state index in [2.05, 4.69) is 26.1 Å².